The van der Waals surface area contributed by atoms with Gasteiger partial charge in [-0.3, -0.25) is 13.9 Å². The van der Waals surface area contributed by atoms with Crippen molar-refractivity contribution in [2.24, 2.45) is 0 Å². The third-order valence-electron chi connectivity index (χ3n) is 6.32. The van der Waals surface area contributed by atoms with E-state index in [-0.39, 0.29) is 26.4 Å². The Morgan fingerprint density at radius 3 is 1.02 bits per heavy atom. The number of ether oxygens (including phenoxy) is 1. The number of hydrogen-bond acceptors (Lipinski definition) is 8. The molecule has 4 aromatic rings. The third kappa shape index (κ3) is 9.33. The molecule has 0 aromatic heterocycles. The van der Waals surface area contributed by atoms with Crippen LogP contribution >= 0.6 is 15.2 Å². The van der Waals surface area contributed by atoms with Gasteiger partial charge in [0, 0.05) is 0 Å². The lowest BCUT2D eigenvalue weighted by atomic mass is 10.2. The summed E-state index contributed by atoms with van der Waals surface area (Å²) >= 11 is 0. The molecule has 220 valence electrons. The van der Waals surface area contributed by atoms with Crippen molar-refractivity contribution in [1.82, 2.24) is 0 Å². The molecule has 0 bridgehead atoms. The minimum absolute atomic E-state index is 0.123. The minimum Gasteiger partial charge on any atom is -0.469 e. The molecule has 8 nitrogen and oxygen atoms in total. The minimum atomic E-state index is -4.41. The van der Waals surface area contributed by atoms with Crippen molar-refractivity contribution >= 4 is 21.2 Å². The predicted octanol–water partition coefficient (Wildman–Crippen LogP) is 8.13. The molecule has 10 heteroatoms. The molecule has 4 aromatic carbocycles. The van der Waals surface area contributed by atoms with E-state index in [0.717, 1.165) is 0 Å². The van der Waals surface area contributed by atoms with Crippen LogP contribution in [-0.2, 0) is 63.2 Å². The highest BCUT2D eigenvalue weighted by Gasteiger charge is 2.53. The highest BCUT2D eigenvalue weighted by Crippen LogP contribution is 2.72. The third-order valence-corrected chi connectivity index (χ3v) is 11.8. The van der Waals surface area contributed by atoms with Crippen molar-refractivity contribution in [3.8, 4) is 0 Å². The van der Waals surface area contributed by atoms with Gasteiger partial charge in [0.05, 0.1) is 40.0 Å². The van der Waals surface area contributed by atoms with Gasteiger partial charge >= 0.3 is 21.2 Å². The van der Waals surface area contributed by atoms with Crippen molar-refractivity contribution < 1.29 is 36.8 Å². The molecule has 0 amide bonds. The van der Waals surface area contributed by atoms with Gasteiger partial charge in [0.1, 0.15) is 0 Å². The van der Waals surface area contributed by atoms with Gasteiger partial charge in [0.25, 0.3) is 0 Å². The molecule has 0 radical (unpaired) electrons. The normalized spacial score (nSPS) is 11.9. The van der Waals surface area contributed by atoms with Crippen LogP contribution in [0.2, 0.25) is 0 Å². The number of carbonyl (C=O) groups excluding carboxylic acids is 1. The average molecular weight is 609 g/mol. The molecule has 0 fully saturated rings. The van der Waals surface area contributed by atoms with Crippen LogP contribution in [0, 0.1) is 0 Å². The summed E-state index contributed by atoms with van der Waals surface area (Å²) in [6, 6.07) is 36.3. The highest BCUT2D eigenvalue weighted by atomic mass is 31.2. The van der Waals surface area contributed by atoms with Gasteiger partial charge < -0.3 is 22.8 Å². The smallest absolute Gasteiger partial charge is 0.347 e. The zero-order valence-electron chi connectivity index (χ0n) is 23.3. The van der Waals surface area contributed by atoms with Gasteiger partial charge in [0.15, 0.2) is 5.40 Å². The van der Waals surface area contributed by atoms with E-state index < -0.39 is 33.0 Å². The average Bonchev–Trinajstić information content (AvgIpc) is 3.05. The fourth-order valence-corrected chi connectivity index (χ4v) is 9.09. The van der Waals surface area contributed by atoms with E-state index in [1.165, 1.54) is 7.11 Å². The lowest BCUT2D eigenvalue weighted by Gasteiger charge is -2.31. The second kappa shape index (κ2) is 15.8. The summed E-state index contributed by atoms with van der Waals surface area (Å²) in [5, 5.41) is -1.61. The van der Waals surface area contributed by atoms with Gasteiger partial charge in [-0.05, 0) is 22.3 Å². The van der Waals surface area contributed by atoms with Crippen LogP contribution in [0.4, 0.5) is 0 Å². The summed E-state index contributed by atoms with van der Waals surface area (Å²) in [6.07, 6.45) is -0.585. The molecule has 0 aliphatic carbocycles. The van der Waals surface area contributed by atoms with E-state index in [9.17, 15) is 13.9 Å². The molecule has 0 spiro atoms. The van der Waals surface area contributed by atoms with E-state index >= 15 is 0 Å². The SMILES string of the molecule is COC(=O)CC(P(=O)(OCc1ccccc1)OCc1ccccc1)P(=O)(OCc1ccccc1)OCc1ccccc1. The first kappa shape index (κ1) is 31.6. The fraction of sp³-hybridized carbons (Fsp3) is 0.219. The van der Waals surface area contributed by atoms with Crippen LogP contribution in [0.3, 0.4) is 0 Å². The first-order valence-electron chi connectivity index (χ1n) is 13.4. The van der Waals surface area contributed by atoms with Crippen molar-refractivity contribution in [1.29, 1.82) is 0 Å². The zero-order chi connectivity index (χ0) is 29.7. The van der Waals surface area contributed by atoms with Crippen LogP contribution < -0.4 is 0 Å². The second-order valence-electron chi connectivity index (χ2n) is 9.38. The highest BCUT2D eigenvalue weighted by molar-refractivity contribution is 7.72. The fourth-order valence-electron chi connectivity index (χ4n) is 4.00. The zero-order valence-corrected chi connectivity index (χ0v) is 25.1. The lowest BCUT2D eigenvalue weighted by molar-refractivity contribution is -0.140. The Balaban J connectivity index is 1.72. The number of rotatable bonds is 16. The Labute approximate surface area is 246 Å². The van der Waals surface area contributed by atoms with Gasteiger partial charge in [-0.25, -0.2) is 0 Å². The monoisotopic (exact) mass is 608 g/mol. The number of hydrogen-bond donors (Lipinski definition) is 0. The summed E-state index contributed by atoms with van der Waals surface area (Å²) in [4.78, 5) is 12.7. The largest absolute Gasteiger partial charge is 0.469 e. The van der Waals surface area contributed by atoms with E-state index in [2.05, 4.69) is 0 Å². The van der Waals surface area contributed by atoms with Gasteiger partial charge in [0.2, 0.25) is 0 Å². The van der Waals surface area contributed by atoms with E-state index in [4.69, 9.17) is 22.8 Å². The molecule has 0 heterocycles. The number of esters is 1. The summed E-state index contributed by atoms with van der Waals surface area (Å²) in [5.41, 5.74) is 2.84. The molecular formula is C32H34O8P2. The topological polar surface area (TPSA) is 97.4 Å². The summed E-state index contributed by atoms with van der Waals surface area (Å²) in [7, 11) is -7.62. The Morgan fingerprint density at radius 1 is 0.524 bits per heavy atom. The molecule has 0 aliphatic heterocycles. The Hall–Kier alpha value is -3.35. The molecule has 0 aliphatic rings. The number of carbonyl (C=O) groups is 1. The van der Waals surface area contributed by atoms with Gasteiger partial charge in [-0.1, -0.05) is 121 Å². The lowest BCUT2D eigenvalue weighted by Crippen LogP contribution is -2.22. The summed E-state index contributed by atoms with van der Waals surface area (Å²) < 4.78 is 58.5. The maximum Gasteiger partial charge on any atom is 0.347 e. The Kier molecular flexibility index (Phi) is 11.8. The summed E-state index contributed by atoms with van der Waals surface area (Å²) in [5.74, 6) is -0.765. The van der Waals surface area contributed by atoms with Crippen LogP contribution in [0.1, 0.15) is 28.7 Å². The van der Waals surface area contributed by atoms with Gasteiger partial charge in [-0.15, -0.1) is 0 Å². The molecule has 0 atom stereocenters. The van der Waals surface area contributed by atoms with E-state index in [1.54, 1.807) is 48.5 Å². The van der Waals surface area contributed by atoms with E-state index in [0.29, 0.717) is 22.3 Å². The Bertz CT molecular complexity index is 1270. The van der Waals surface area contributed by atoms with Crippen molar-refractivity contribution in [2.75, 3.05) is 7.11 Å². The van der Waals surface area contributed by atoms with Crippen LogP contribution in [0.5, 0.6) is 0 Å². The number of methoxy groups -OCH3 is 1. The molecular weight excluding hydrogens is 574 g/mol. The van der Waals surface area contributed by atoms with Crippen molar-refractivity contribution in [2.45, 2.75) is 38.2 Å². The predicted molar refractivity (Wildman–Crippen MR) is 161 cm³/mol. The van der Waals surface area contributed by atoms with Crippen molar-refractivity contribution in [3.05, 3.63) is 144 Å². The van der Waals surface area contributed by atoms with Crippen molar-refractivity contribution in [3.63, 3.8) is 0 Å². The van der Waals surface area contributed by atoms with Gasteiger partial charge in [-0.2, -0.15) is 0 Å². The first-order valence-corrected chi connectivity index (χ1v) is 16.6. The number of benzene rings is 4. The van der Waals surface area contributed by atoms with Crippen LogP contribution in [-0.4, -0.2) is 18.5 Å². The van der Waals surface area contributed by atoms with Crippen LogP contribution in [0.15, 0.2) is 121 Å². The maximum absolute atomic E-state index is 14.8. The molecule has 0 N–H and O–H groups in total. The Morgan fingerprint density at radius 2 is 0.786 bits per heavy atom. The molecule has 0 unspecified atom stereocenters. The standard InChI is InChI=1S/C32H34O8P2/c1-36-31(33)22-32(41(34,37-23-27-14-6-2-7-15-27)38-24-28-16-8-3-9-17-28)42(35,39-25-29-18-10-4-11-19-29)40-26-30-20-12-5-13-21-30/h2-21,32H,22-26H2,1H3. The first-order chi connectivity index (χ1) is 20.4. The summed E-state index contributed by atoms with van der Waals surface area (Å²) in [6.45, 7) is -0.492. The maximum atomic E-state index is 14.8. The quantitative estimate of drug-likeness (QED) is 0.0929. The van der Waals surface area contributed by atoms with E-state index in [1.807, 2.05) is 72.8 Å². The molecule has 4 rings (SSSR count). The molecule has 0 saturated heterocycles. The second-order valence-corrected chi connectivity index (χ2v) is 14.2. The molecule has 0 saturated carbocycles. The molecule has 42 heavy (non-hydrogen) atoms. The van der Waals surface area contributed by atoms with Crippen LogP contribution in [0.25, 0.3) is 0 Å².